The number of benzene rings is 2. The van der Waals surface area contributed by atoms with Crippen LogP contribution in [0.2, 0.25) is 0 Å². The Kier molecular flexibility index (Phi) is 3.19. The molecule has 19 heavy (non-hydrogen) atoms. The van der Waals surface area contributed by atoms with E-state index in [4.69, 9.17) is 4.74 Å². The van der Waals surface area contributed by atoms with Crippen LogP contribution in [-0.4, -0.2) is 9.97 Å². The molecule has 0 aliphatic heterocycles. The van der Waals surface area contributed by atoms with Crippen LogP contribution >= 0.6 is 0 Å². The van der Waals surface area contributed by atoms with Gasteiger partial charge < -0.3 is 4.74 Å². The largest absolute Gasteiger partial charge is 0.457 e. The highest BCUT2D eigenvalue weighted by molar-refractivity contribution is 5.62. The molecule has 0 aliphatic rings. The number of nitrogens with zero attached hydrogens (tertiary/aromatic N) is 2. The highest BCUT2D eigenvalue weighted by Crippen LogP contribution is 2.24. The van der Waals surface area contributed by atoms with Gasteiger partial charge in [0.05, 0.1) is 0 Å². The minimum Gasteiger partial charge on any atom is -0.457 e. The van der Waals surface area contributed by atoms with E-state index in [2.05, 4.69) is 9.97 Å². The number of rotatable bonds is 3. The molecule has 2 aromatic carbocycles. The fourth-order valence-electron chi connectivity index (χ4n) is 1.79. The van der Waals surface area contributed by atoms with Crippen LogP contribution in [-0.2, 0) is 0 Å². The normalized spacial score (nSPS) is 10.1. The zero-order valence-electron chi connectivity index (χ0n) is 10.2. The van der Waals surface area contributed by atoms with Crippen LogP contribution in [0.1, 0.15) is 0 Å². The van der Waals surface area contributed by atoms with Gasteiger partial charge in [-0.15, -0.1) is 0 Å². The fourth-order valence-corrected chi connectivity index (χ4v) is 1.79. The van der Waals surface area contributed by atoms with Crippen molar-refractivity contribution in [3.63, 3.8) is 0 Å². The second-order valence-electron chi connectivity index (χ2n) is 4.07. The molecule has 0 bridgehead atoms. The van der Waals surface area contributed by atoms with Crippen LogP contribution in [0.15, 0.2) is 73.3 Å². The molecule has 0 unspecified atom stereocenters. The van der Waals surface area contributed by atoms with E-state index < -0.39 is 0 Å². The van der Waals surface area contributed by atoms with Crippen LogP contribution in [0.3, 0.4) is 0 Å². The van der Waals surface area contributed by atoms with Crippen molar-refractivity contribution in [1.29, 1.82) is 0 Å². The first-order valence-electron chi connectivity index (χ1n) is 6.00. The van der Waals surface area contributed by atoms with Gasteiger partial charge in [0.2, 0.25) is 0 Å². The van der Waals surface area contributed by atoms with Crippen molar-refractivity contribution in [2.45, 2.75) is 0 Å². The quantitative estimate of drug-likeness (QED) is 0.704. The van der Waals surface area contributed by atoms with Gasteiger partial charge in [-0.05, 0) is 29.8 Å². The van der Waals surface area contributed by atoms with Crippen LogP contribution in [0.4, 0.5) is 0 Å². The molecule has 1 aromatic heterocycles. The third-order valence-corrected chi connectivity index (χ3v) is 2.73. The van der Waals surface area contributed by atoms with E-state index in [0.717, 1.165) is 22.6 Å². The third-order valence-electron chi connectivity index (χ3n) is 2.73. The van der Waals surface area contributed by atoms with Gasteiger partial charge in [0.1, 0.15) is 17.8 Å². The van der Waals surface area contributed by atoms with Crippen LogP contribution in [0.25, 0.3) is 11.1 Å². The van der Waals surface area contributed by atoms with Gasteiger partial charge in [-0.1, -0.05) is 30.3 Å². The van der Waals surface area contributed by atoms with Crippen LogP contribution in [0.5, 0.6) is 11.5 Å². The molecule has 0 atom stereocenters. The van der Waals surface area contributed by atoms with Gasteiger partial charge in [0.15, 0.2) is 0 Å². The Morgan fingerprint density at radius 3 is 1.95 bits per heavy atom. The number of para-hydroxylation sites is 1. The smallest absolute Gasteiger partial charge is 0.127 e. The molecule has 0 N–H and O–H groups in total. The van der Waals surface area contributed by atoms with Crippen molar-refractivity contribution in [1.82, 2.24) is 9.97 Å². The van der Waals surface area contributed by atoms with Gasteiger partial charge >= 0.3 is 0 Å². The van der Waals surface area contributed by atoms with Gasteiger partial charge in [-0.3, -0.25) is 0 Å². The lowest BCUT2D eigenvalue weighted by molar-refractivity contribution is 0.483. The van der Waals surface area contributed by atoms with Crippen molar-refractivity contribution < 1.29 is 4.74 Å². The lowest BCUT2D eigenvalue weighted by atomic mass is 10.1. The lowest BCUT2D eigenvalue weighted by Crippen LogP contribution is -1.85. The van der Waals surface area contributed by atoms with Gasteiger partial charge in [-0.25, -0.2) is 9.97 Å². The predicted octanol–water partition coefficient (Wildman–Crippen LogP) is 3.94. The molecule has 3 rings (SSSR count). The molecule has 3 heteroatoms. The summed E-state index contributed by atoms with van der Waals surface area (Å²) >= 11 is 0. The second-order valence-corrected chi connectivity index (χ2v) is 4.07. The molecule has 0 fully saturated rings. The summed E-state index contributed by atoms with van der Waals surface area (Å²) in [5, 5.41) is 0. The van der Waals surface area contributed by atoms with Crippen LogP contribution in [0, 0.1) is 0 Å². The van der Waals surface area contributed by atoms with Crippen LogP contribution < -0.4 is 4.74 Å². The highest BCUT2D eigenvalue weighted by atomic mass is 16.5. The van der Waals surface area contributed by atoms with Crippen molar-refractivity contribution >= 4 is 0 Å². The Morgan fingerprint density at radius 2 is 1.26 bits per heavy atom. The van der Waals surface area contributed by atoms with Gasteiger partial charge in [0, 0.05) is 18.0 Å². The molecule has 3 nitrogen and oxygen atoms in total. The number of hydrogen-bond donors (Lipinski definition) is 0. The van der Waals surface area contributed by atoms with E-state index >= 15 is 0 Å². The van der Waals surface area contributed by atoms with E-state index in [0.29, 0.717) is 0 Å². The molecular weight excluding hydrogens is 236 g/mol. The maximum atomic E-state index is 5.74. The van der Waals surface area contributed by atoms with Crippen molar-refractivity contribution in [3.05, 3.63) is 73.3 Å². The summed E-state index contributed by atoms with van der Waals surface area (Å²) < 4.78 is 5.74. The second kappa shape index (κ2) is 5.31. The molecule has 0 saturated carbocycles. The minimum atomic E-state index is 0.812. The van der Waals surface area contributed by atoms with Crippen molar-refractivity contribution in [3.8, 4) is 22.6 Å². The Balaban J connectivity index is 1.80. The van der Waals surface area contributed by atoms with E-state index in [-0.39, 0.29) is 0 Å². The van der Waals surface area contributed by atoms with Gasteiger partial charge in [0.25, 0.3) is 0 Å². The Labute approximate surface area is 111 Å². The number of aromatic nitrogens is 2. The Hall–Kier alpha value is -2.68. The summed E-state index contributed by atoms with van der Waals surface area (Å²) in [4.78, 5) is 8.02. The molecule has 0 aliphatic carbocycles. The number of hydrogen-bond acceptors (Lipinski definition) is 3. The molecule has 0 spiro atoms. The summed E-state index contributed by atoms with van der Waals surface area (Å²) in [7, 11) is 0. The van der Waals surface area contributed by atoms with E-state index in [1.165, 1.54) is 6.33 Å². The average Bonchev–Trinajstić information content (AvgIpc) is 2.50. The number of ether oxygens (including phenoxy) is 1. The zero-order valence-corrected chi connectivity index (χ0v) is 10.2. The third kappa shape index (κ3) is 2.77. The maximum Gasteiger partial charge on any atom is 0.127 e. The molecule has 0 radical (unpaired) electrons. The first-order valence-corrected chi connectivity index (χ1v) is 6.00. The van der Waals surface area contributed by atoms with Gasteiger partial charge in [-0.2, -0.15) is 0 Å². The first kappa shape index (κ1) is 11.4. The standard InChI is InChI=1S/C16H12N2O/c1-2-4-15(5-3-1)19-16-8-6-13(7-9-16)14-10-17-12-18-11-14/h1-12H. The summed E-state index contributed by atoms with van der Waals surface area (Å²) in [6.07, 6.45) is 5.11. The maximum absolute atomic E-state index is 5.74. The molecule has 92 valence electrons. The molecule has 1 heterocycles. The lowest BCUT2D eigenvalue weighted by Gasteiger charge is -2.06. The molecular formula is C16H12N2O. The van der Waals surface area contributed by atoms with Crippen molar-refractivity contribution in [2.24, 2.45) is 0 Å². The SMILES string of the molecule is c1ccc(Oc2ccc(-c3cncnc3)cc2)cc1. The summed E-state index contributed by atoms with van der Waals surface area (Å²) in [6.45, 7) is 0. The fraction of sp³-hybridized carbons (Fsp3) is 0. The van der Waals surface area contributed by atoms with Crippen molar-refractivity contribution in [2.75, 3.05) is 0 Å². The minimum absolute atomic E-state index is 0.812. The monoisotopic (exact) mass is 248 g/mol. The predicted molar refractivity (Wildman–Crippen MR) is 74.0 cm³/mol. The topological polar surface area (TPSA) is 35.0 Å². The Bertz CT molecular complexity index is 637. The molecule has 3 aromatic rings. The summed E-state index contributed by atoms with van der Waals surface area (Å²) in [5.74, 6) is 1.64. The molecule has 0 amide bonds. The first-order chi connectivity index (χ1) is 9.42. The summed E-state index contributed by atoms with van der Waals surface area (Å²) in [5.41, 5.74) is 2.06. The Morgan fingerprint density at radius 1 is 0.632 bits per heavy atom. The van der Waals surface area contributed by atoms with E-state index in [1.807, 2.05) is 54.6 Å². The summed E-state index contributed by atoms with van der Waals surface area (Å²) in [6, 6.07) is 17.6. The molecule has 0 saturated heterocycles. The highest BCUT2D eigenvalue weighted by Gasteiger charge is 2.00. The van der Waals surface area contributed by atoms with E-state index in [9.17, 15) is 0 Å². The average molecular weight is 248 g/mol. The van der Waals surface area contributed by atoms with E-state index in [1.54, 1.807) is 12.4 Å². The zero-order chi connectivity index (χ0) is 12.9.